The van der Waals surface area contributed by atoms with Crippen molar-refractivity contribution in [3.63, 3.8) is 0 Å². The number of Topliss-reactive ketones (excluding diaryl/α,β-unsaturated/α-hetero) is 1. The zero-order valence-corrected chi connectivity index (χ0v) is 22.2. The predicted octanol–water partition coefficient (Wildman–Crippen LogP) is 6.01. The molecule has 1 aromatic carbocycles. The summed E-state index contributed by atoms with van der Waals surface area (Å²) in [5.41, 5.74) is 9.06. The van der Waals surface area contributed by atoms with Crippen LogP contribution in [0, 0.1) is 40.4 Å². The molecule has 0 spiro atoms. The molecule has 192 valence electrons. The summed E-state index contributed by atoms with van der Waals surface area (Å²) in [4.78, 5) is 13.6. The van der Waals surface area contributed by atoms with Gasteiger partial charge in [-0.25, -0.2) is 5.84 Å². The minimum Gasteiger partial charge on any atom is -0.397 e. The minimum absolute atomic E-state index is 0.0595. The highest BCUT2D eigenvalue weighted by molar-refractivity contribution is 6.31. The molecular weight excluding hydrogens is 458 g/mol. The van der Waals surface area contributed by atoms with Gasteiger partial charge >= 0.3 is 0 Å². The summed E-state index contributed by atoms with van der Waals surface area (Å²) in [5.74, 6) is 9.38. The average Bonchev–Trinajstić information content (AvgIpc) is 3.16. The number of fused-ring (bicyclic) bond motifs is 5. The largest absolute Gasteiger partial charge is 0.397 e. The van der Waals surface area contributed by atoms with E-state index in [1.807, 2.05) is 7.11 Å². The van der Waals surface area contributed by atoms with E-state index in [2.05, 4.69) is 13.5 Å². The molecule has 5 nitrogen and oxygen atoms in total. The summed E-state index contributed by atoms with van der Waals surface area (Å²) in [6.07, 6.45) is 10.6. The number of hydrazine groups is 1. The van der Waals surface area contributed by atoms with E-state index in [0.717, 1.165) is 32.3 Å². The van der Waals surface area contributed by atoms with Gasteiger partial charge in [-0.1, -0.05) is 30.7 Å². The third-order valence-corrected chi connectivity index (χ3v) is 11.0. The Hall–Kier alpha value is -1.56. The van der Waals surface area contributed by atoms with E-state index in [-0.39, 0.29) is 23.7 Å². The van der Waals surface area contributed by atoms with Crippen LogP contribution in [0.5, 0.6) is 0 Å². The third kappa shape index (κ3) is 4.12. The molecule has 1 aromatic rings. The molecule has 0 amide bonds. The molecule has 7 unspecified atom stereocenters. The van der Waals surface area contributed by atoms with Crippen molar-refractivity contribution in [2.24, 2.45) is 46.3 Å². The lowest BCUT2D eigenvalue weighted by molar-refractivity contribution is -0.145. The highest BCUT2D eigenvalue weighted by atomic mass is 35.5. The maximum atomic E-state index is 13.6. The van der Waals surface area contributed by atoms with E-state index in [1.54, 1.807) is 18.2 Å². The van der Waals surface area contributed by atoms with Crippen molar-refractivity contribution in [1.82, 2.24) is 0 Å². The standard InChI is InChI=1S/C29H42ClN3O2/c1-18-10-13-29(17-35-3)19(14-18)4-6-21-22-7-8-24(28(22,2)12-11-23(21)29)27(34)16-33(32)26-9-5-20(30)15-25(26)31/h5,9,15,19,21-24H,1,4,6-8,10-14,16-17,31-32H2,2-3H3. The minimum atomic E-state index is 0.0595. The van der Waals surface area contributed by atoms with Crippen LogP contribution in [0.3, 0.4) is 0 Å². The van der Waals surface area contributed by atoms with Crippen LogP contribution in [-0.2, 0) is 9.53 Å². The number of rotatable bonds is 6. The molecule has 6 heteroatoms. The lowest BCUT2D eigenvalue weighted by Gasteiger charge is -2.61. The number of carbonyl (C=O) groups excluding carboxylic acids is 1. The Morgan fingerprint density at radius 2 is 2.00 bits per heavy atom. The maximum Gasteiger partial charge on any atom is 0.157 e. The van der Waals surface area contributed by atoms with Gasteiger partial charge in [0.2, 0.25) is 0 Å². The number of hydrogen-bond acceptors (Lipinski definition) is 5. The number of nitrogen functional groups attached to an aromatic ring is 1. The summed E-state index contributed by atoms with van der Waals surface area (Å²) in [7, 11) is 1.88. The van der Waals surface area contributed by atoms with Gasteiger partial charge in [0.15, 0.2) is 5.78 Å². The molecule has 5 rings (SSSR count). The number of halogens is 1. The number of methoxy groups -OCH3 is 1. The number of benzene rings is 1. The van der Waals surface area contributed by atoms with Gasteiger partial charge in [0, 0.05) is 23.5 Å². The van der Waals surface area contributed by atoms with Gasteiger partial charge in [0.25, 0.3) is 0 Å². The summed E-state index contributed by atoms with van der Waals surface area (Å²) in [6.45, 7) is 7.81. The fourth-order valence-corrected chi connectivity index (χ4v) is 9.37. The Labute approximate surface area is 215 Å². The van der Waals surface area contributed by atoms with Crippen LogP contribution in [0.4, 0.5) is 11.4 Å². The van der Waals surface area contributed by atoms with E-state index in [4.69, 9.17) is 27.9 Å². The first-order valence-corrected chi connectivity index (χ1v) is 13.8. The molecule has 0 bridgehead atoms. The zero-order chi connectivity index (χ0) is 25.0. The Kier molecular flexibility index (Phi) is 6.73. The normalized spacial score (nSPS) is 38.4. The smallest absolute Gasteiger partial charge is 0.157 e. The second-order valence-electron chi connectivity index (χ2n) is 12.2. The molecule has 4 aliphatic carbocycles. The maximum absolute atomic E-state index is 13.6. The molecule has 0 radical (unpaired) electrons. The summed E-state index contributed by atoms with van der Waals surface area (Å²) < 4.78 is 5.90. The number of anilines is 2. The SMILES string of the molecule is C=C1CCC2(COC)C(CCC3C4CCC(C(=O)CN(N)c5ccc(Cl)cc5N)C4(C)CCC32)C1. The zero-order valence-electron chi connectivity index (χ0n) is 21.4. The van der Waals surface area contributed by atoms with Crippen LogP contribution in [0.15, 0.2) is 30.4 Å². The topological polar surface area (TPSA) is 81.6 Å². The summed E-state index contributed by atoms with van der Waals surface area (Å²) in [6, 6.07) is 5.24. The Balaban J connectivity index is 1.34. The van der Waals surface area contributed by atoms with Gasteiger partial charge in [0.05, 0.1) is 24.5 Å². The van der Waals surface area contributed by atoms with Crippen molar-refractivity contribution < 1.29 is 9.53 Å². The molecule has 7 atom stereocenters. The van der Waals surface area contributed by atoms with Gasteiger partial charge < -0.3 is 15.5 Å². The van der Waals surface area contributed by atoms with Crippen molar-refractivity contribution in [3.05, 3.63) is 35.4 Å². The van der Waals surface area contributed by atoms with Crippen LogP contribution in [0.25, 0.3) is 0 Å². The van der Waals surface area contributed by atoms with E-state index in [0.29, 0.717) is 45.5 Å². The highest BCUT2D eigenvalue weighted by Crippen LogP contribution is 2.68. The van der Waals surface area contributed by atoms with Gasteiger partial charge in [0.1, 0.15) is 0 Å². The molecule has 0 aliphatic heterocycles. The van der Waals surface area contributed by atoms with Gasteiger partial charge in [-0.15, -0.1) is 0 Å². The number of nitrogens with two attached hydrogens (primary N) is 2. The van der Waals surface area contributed by atoms with Crippen molar-refractivity contribution in [2.75, 3.05) is 31.0 Å². The Morgan fingerprint density at radius 1 is 1.20 bits per heavy atom. The summed E-state index contributed by atoms with van der Waals surface area (Å²) >= 11 is 6.04. The first-order chi connectivity index (χ1) is 16.7. The number of allylic oxidation sites excluding steroid dienone is 1. The lowest BCUT2D eigenvalue weighted by atomic mass is 9.44. The van der Waals surface area contributed by atoms with Crippen molar-refractivity contribution in [1.29, 1.82) is 0 Å². The van der Waals surface area contributed by atoms with Crippen LogP contribution in [0.1, 0.15) is 64.7 Å². The van der Waals surface area contributed by atoms with Crippen molar-refractivity contribution in [3.8, 4) is 0 Å². The number of ketones is 1. The molecule has 0 heterocycles. The van der Waals surface area contributed by atoms with E-state index in [1.165, 1.54) is 42.7 Å². The van der Waals surface area contributed by atoms with E-state index < -0.39 is 0 Å². The van der Waals surface area contributed by atoms with Gasteiger partial charge in [-0.3, -0.25) is 4.79 Å². The van der Waals surface area contributed by atoms with Crippen LogP contribution >= 0.6 is 11.6 Å². The lowest BCUT2D eigenvalue weighted by Crippen LogP contribution is -2.56. The van der Waals surface area contributed by atoms with Crippen LogP contribution in [-0.4, -0.2) is 26.0 Å². The molecule has 4 fully saturated rings. The first kappa shape index (κ1) is 25.1. The first-order valence-electron chi connectivity index (χ1n) is 13.4. The highest BCUT2D eigenvalue weighted by Gasteiger charge is 2.62. The van der Waals surface area contributed by atoms with Crippen molar-refractivity contribution >= 4 is 28.8 Å². The van der Waals surface area contributed by atoms with Crippen LogP contribution in [0.2, 0.25) is 5.02 Å². The molecule has 4 N–H and O–H groups in total. The number of carbonyl (C=O) groups is 1. The van der Waals surface area contributed by atoms with E-state index >= 15 is 0 Å². The molecular formula is C29H42ClN3O2. The van der Waals surface area contributed by atoms with Crippen LogP contribution < -0.4 is 16.6 Å². The predicted molar refractivity (Wildman–Crippen MR) is 143 cm³/mol. The third-order valence-electron chi connectivity index (χ3n) is 10.7. The van der Waals surface area contributed by atoms with E-state index in [9.17, 15) is 4.79 Å². The van der Waals surface area contributed by atoms with Gasteiger partial charge in [-0.2, -0.15) is 0 Å². The molecule has 4 aliphatic rings. The second kappa shape index (κ2) is 9.39. The van der Waals surface area contributed by atoms with Crippen molar-refractivity contribution in [2.45, 2.75) is 64.7 Å². The number of nitrogens with zero attached hydrogens (tertiary/aromatic N) is 1. The van der Waals surface area contributed by atoms with Gasteiger partial charge in [-0.05, 0) is 105 Å². The average molecular weight is 500 g/mol. The second-order valence-corrected chi connectivity index (χ2v) is 12.7. The Morgan fingerprint density at radius 3 is 2.74 bits per heavy atom. The molecule has 0 aromatic heterocycles. The fourth-order valence-electron chi connectivity index (χ4n) is 9.19. The fraction of sp³-hybridized carbons (Fsp3) is 0.690. The number of hydrogen-bond donors (Lipinski definition) is 2. The molecule has 4 saturated carbocycles. The monoisotopic (exact) mass is 499 g/mol. The Bertz CT molecular complexity index is 998. The summed E-state index contributed by atoms with van der Waals surface area (Å²) in [5, 5.41) is 2.07. The molecule has 0 saturated heterocycles. The molecule has 35 heavy (non-hydrogen) atoms. The number of ether oxygens (including phenoxy) is 1. The quantitative estimate of drug-likeness (QED) is 0.217.